The summed E-state index contributed by atoms with van der Waals surface area (Å²) in [5.74, 6) is -0.754. The maximum absolute atomic E-state index is 12.4. The molecule has 120 valence electrons. The van der Waals surface area contributed by atoms with E-state index in [1.807, 2.05) is 29.2 Å². The van der Waals surface area contributed by atoms with Gasteiger partial charge < -0.3 is 9.90 Å². The number of aldehydes is 1. The first-order valence-electron chi connectivity index (χ1n) is 7.83. The molecule has 1 aromatic rings. The Morgan fingerprint density at radius 1 is 1.27 bits per heavy atom. The van der Waals surface area contributed by atoms with E-state index in [1.54, 1.807) is 13.8 Å². The van der Waals surface area contributed by atoms with Crippen molar-refractivity contribution in [3.63, 3.8) is 0 Å². The van der Waals surface area contributed by atoms with E-state index in [0.29, 0.717) is 13.1 Å². The zero-order valence-corrected chi connectivity index (χ0v) is 13.8. The highest BCUT2D eigenvalue weighted by molar-refractivity contribution is 5.87. The van der Waals surface area contributed by atoms with Crippen LogP contribution in [0, 0.1) is 5.41 Å². The van der Waals surface area contributed by atoms with Crippen LogP contribution < -0.4 is 0 Å². The lowest BCUT2D eigenvalue weighted by atomic mass is 9.64. The molecule has 4 heteroatoms. The van der Waals surface area contributed by atoms with Crippen molar-refractivity contribution < 1.29 is 14.7 Å². The predicted octanol–water partition coefficient (Wildman–Crippen LogP) is 3.02. The van der Waals surface area contributed by atoms with Gasteiger partial charge in [0.25, 0.3) is 0 Å². The summed E-state index contributed by atoms with van der Waals surface area (Å²) in [6.07, 6.45) is 1.75. The normalized spacial score (nSPS) is 18.6. The summed E-state index contributed by atoms with van der Waals surface area (Å²) in [6, 6.07) is 7.63. The number of likely N-dealkylation sites (tertiary alicyclic amines) is 1. The molecular weight excluding hydrogens is 278 g/mol. The van der Waals surface area contributed by atoms with Crippen molar-refractivity contribution >= 4 is 12.3 Å². The quantitative estimate of drug-likeness (QED) is 0.821. The van der Waals surface area contributed by atoms with Crippen LogP contribution in [0.1, 0.15) is 51.2 Å². The molecule has 0 bridgehead atoms. The zero-order valence-electron chi connectivity index (χ0n) is 13.8. The van der Waals surface area contributed by atoms with Gasteiger partial charge in [0, 0.05) is 13.1 Å². The van der Waals surface area contributed by atoms with Crippen molar-refractivity contribution in [2.24, 2.45) is 5.41 Å². The minimum absolute atomic E-state index is 0.193. The maximum atomic E-state index is 12.4. The van der Waals surface area contributed by atoms with E-state index in [1.165, 1.54) is 0 Å². The van der Waals surface area contributed by atoms with Gasteiger partial charge in [0.15, 0.2) is 5.54 Å². The Balaban J connectivity index is 2.79. The first kappa shape index (κ1) is 16.7. The molecule has 2 rings (SSSR count). The van der Waals surface area contributed by atoms with Gasteiger partial charge in [-0.2, -0.15) is 0 Å². The van der Waals surface area contributed by atoms with Gasteiger partial charge in [0.1, 0.15) is 6.29 Å². The smallest absolute Gasteiger partial charge is 0.329 e. The summed E-state index contributed by atoms with van der Waals surface area (Å²) in [4.78, 5) is 26.2. The van der Waals surface area contributed by atoms with Crippen LogP contribution in [-0.2, 0) is 15.1 Å². The van der Waals surface area contributed by atoms with Gasteiger partial charge in [0.2, 0.25) is 0 Å². The van der Waals surface area contributed by atoms with E-state index < -0.39 is 16.9 Å². The number of benzene rings is 1. The summed E-state index contributed by atoms with van der Waals surface area (Å²) in [6.45, 7) is 8.96. The third-order valence-electron chi connectivity index (χ3n) is 4.84. The molecule has 1 saturated heterocycles. The molecule has 0 aromatic heterocycles. The highest BCUT2D eigenvalue weighted by Crippen LogP contribution is 2.48. The van der Waals surface area contributed by atoms with Gasteiger partial charge >= 0.3 is 5.97 Å². The van der Waals surface area contributed by atoms with Crippen LogP contribution >= 0.6 is 0 Å². The summed E-state index contributed by atoms with van der Waals surface area (Å²) in [7, 11) is 0. The number of carbonyl (C=O) groups is 2. The largest absolute Gasteiger partial charge is 0.480 e. The van der Waals surface area contributed by atoms with Crippen molar-refractivity contribution in [2.45, 2.75) is 45.6 Å². The lowest BCUT2D eigenvalue weighted by molar-refractivity contribution is -0.170. The van der Waals surface area contributed by atoms with E-state index in [2.05, 4.69) is 13.8 Å². The van der Waals surface area contributed by atoms with Gasteiger partial charge in [-0.1, -0.05) is 52.0 Å². The number of hydrogen-bond acceptors (Lipinski definition) is 3. The van der Waals surface area contributed by atoms with Crippen molar-refractivity contribution in [2.75, 3.05) is 13.1 Å². The molecule has 4 nitrogen and oxygen atoms in total. The number of carboxylic acid groups (broad SMARTS) is 1. The molecule has 0 aliphatic carbocycles. The Kier molecular flexibility index (Phi) is 4.43. The fourth-order valence-corrected chi connectivity index (χ4v) is 3.52. The van der Waals surface area contributed by atoms with Crippen LogP contribution in [0.15, 0.2) is 24.3 Å². The third-order valence-corrected chi connectivity index (χ3v) is 4.84. The Hall–Kier alpha value is -1.68. The van der Waals surface area contributed by atoms with Crippen LogP contribution in [0.3, 0.4) is 0 Å². The molecule has 1 aliphatic rings. The van der Waals surface area contributed by atoms with Gasteiger partial charge in [-0.25, -0.2) is 4.79 Å². The van der Waals surface area contributed by atoms with Gasteiger partial charge in [-0.3, -0.25) is 4.90 Å². The molecule has 1 heterocycles. The first-order valence-corrected chi connectivity index (χ1v) is 7.83. The van der Waals surface area contributed by atoms with Crippen LogP contribution in [-0.4, -0.2) is 35.4 Å². The fourth-order valence-electron chi connectivity index (χ4n) is 3.52. The van der Waals surface area contributed by atoms with Crippen molar-refractivity contribution in [3.05, 3.63) is 35.4 Å². The number of carboxylic acids is 1. The molecule has 0 spiro atoms. The SMILES string of the molecule is CC(C)c1ccccc1C(C(=O)O)(N1CCC1)C(C)(C)C=O. The Labute approximate surface area is 132 Å². The standard InChI is InChI=1S/C18H25NO3/c1-13(2)14-8-5-6-9-15(14)18(16(21)22,17(3,4)12-20)19-10-7-11-19/h5-6,8-9,12-13H,7,10-11H2,1-4H3,(H,21,22). The molecule has 1 N–H and O–H groups in total. The average molecular weight is 303 g/mol. The monoisotopic (exact) mass is 303 g/mol. The number of carbonyl (C=O) groups excluding carboxylic acids is 1. The van der Waals surface area contributed by atoms with Crippen LogP contribution in [0.4, 0.5) is 0 Å². The number of aliphatic carboxylic acids is 1. The molecule has 0 saturated carbocycles. The zero-order chi connectivity index (χ0) is 16.5. The summed E-state index contributed by atoms with van der Waals surface area (Å²) in [5, 5.41) is 10.2. The highest BCUT2D eigenvalue weighted by atomic mass is 16.4. The van der Waals surface area contributed by atoms with Crippen LogP contribution in [0.5, 0.6) is 0 Å². The molecule has 1 aliphatic heterocycles. The number of nitrogens with zero attached hydrogens (tertiary/aromatic N) is 1. The van der Waals surface area contributed by atoms with E-state index in [4.69, 9.17) is 0 Å². The molecule has 0 amide bonds. The van der Waals surface area contributed by atoms with Gasteiger partial charge in [-0.15, -0.1) is 0 Å². The van der Waals surface area contributed by atoms with Crippen molar-refractivity contribution in [3.8, 4) is 0 Å². The number of hydrogen-bond donors (Lipinski definition) is 1. The molecule has 1 aromatic carbocycles. The van der Waals surface area contributed by atoms with Crippen molar-refractivity contribution in [1.82, 2.24) is 4.90 Å². The van der Waals surface area contributed by atoms with E-state index in [-0.39, 0.29) is 5.92 Å². The Bertz CT molecular complexity index is 575. The van der Waals surface area contributed by atoms with E-state index in [9.17, 15) is 14.7 Å². The summed E-state index contributed by atoms with van der Waals surface area (Å²) < 4.78 is 0. The third kappa shape index (κ3) is 2.26. The van der Waals surface area contributed by atoms with Crippen LogP contribution in [0.25, 0.3) is 0 Å². The topological polar surface area (TPSA) is 57.6 Å². The van der Waals surface area contributed by atoms with Gasteiger partial charge in [0.05, 0.1) is 5.41 Å². The van der Waals surface area contributed by atoms with E-state index in [0.717, 1.165) is 23.8 Å². The Morgan fingerprint density at radius 2 is 1.86 bits per heavy atom. The Morgan fingerprint density at radius 3 is 2.27 bits per heavy atom. The maximum Gasteiger partial charge on any atom is 0.329 e. The minimum atomic E-state index is -1.31. The fraction of sp³-hybridized carbons (Fsp3) is 0.556. The summed E-state index contributed by atoms with van der Waals surface area (Å²) in [5.41, 5.74) is -0.598. The van der Waals surface area contributed by atoms with Crippen LogP contribution in [0.2, 0.25) is 0 Å². The average Bonchev–Trinajstić information content (AvgIpc) is 2.41. The molecular formula is C18H25NO3. The second kappa shape index (κ2) is 5.84. The molecule has 1 atom stereocenters. The highest BCUT2D eigenvalue weighted by Gasteiger charge is 2.59. The minimum Gasteiger partial charge on any atom is -0.480 e. The lowest BCUT2D eigenvalue weighted by Gasteiger charge is -2.53. The van der Waals surface area contributed by atoms with Gasteiger partial charge in [-0.05, 0) is 23.5 Å². The molecule has 22 heavy (non-hydrogen) atoms. The van der Waals surface area contributed by atoms with E-state index >= 15 is 0 Å². The second-order valence-electron chi connectivity index (χ2n) is 6.94. The predicted molar refractivity (Wildman–Crippen MR) is 85.9 cm³/mol. The van der Waals surface area contributed by atoms with Crippen molar-refractivity contribution in [1.29, 1.82) is 0 Å². The first-order chi connectivity index (χ1) is 10.3. The number of rotatable bonds is 6. The second-order valence-corrected chi connectivity index (χ2v) is 6.94. The summed E-state index contributed by atoms with van der Waals surface area (Å²) >= 11 is 0. The lowest BCUT2D eigenvalue weighted by Crippen LogP contribution is -2.65. The molecule has 0 radical (unpaired) electrons. The molecule has 1 fully saturated rings. The molecule has 1 unspecified atom stereocenters.